The van der Waals surface area contributed by atoms with E-state index in [1.807, 2.05) is 0 Å². The Hall–Kier alpha value is -1.10. The van der Waals surface area contributed by atoms with Crippen LogP contribution < -0.4 is 5.73 Å². The lowest BCUT2D eigenvalue weighted by molar-refractivity contribution is -0.150. The number of nitrogens with zero attached hydrogens (tertiary/aromatic N) is 1. The van der Waals surface area contributed by atoms with Gasteiger partial charge in [-0.3, -0.25) is 9.59 Å². The SMILES string of the molecule is CCOC(=O)CN(C(=O)C(C)CN)C1CC1. The minimum Gasteiger partial charge on any atom is -0.465 e. The second kappa shape index (κ2) is 5.84. The summed E-state index contributed by atoms with van der Waals surface area (Å²) in [6.45, 7) is 4.25. The number of carbonyl (C=O) groups excluding carboxylic acids is 2. The molecule has 0 aromatic rings. The summed E-state index contributed by atoms with van der Waals surface area (Å²) >= 11 is 0. The van der Waals surface area contributed by atoms with Gasteiger partial charge < -0.3 is 15.4 Å². The van der Waals surface area contributed by atoms with Crippen LogP contribution in [0.15, 0.2) is 0 Å². The quantitative estimate of drug-likeness (QED) is 0.656. The number of ether oxygens (including phenoxy) is 1. The van der Waals surface area contributed by atoms with Gasteiger partial charge in [0, 0.05) is 18.5 Å². The number of carbonyl (C=O) groups is 2. The van der Waals surface area contributed by atoms with Gasteiger partial charge in [0.25, 0.3) is 0 Å². The Kier molecular flexibility index (Phi) is 4.73. The molecule has 1 atom stereocenters. The van der Waals surface area contributed by atoms with E-state index in [0.717, 1.165) is 12.8 Å². The van der Waals surface area contributed by atoms with Crippen LogP contribution in [0.1, 0.15) is 26.7 Å². The van der Waals surface area contributed by atoms with Crippen LogP contribution in [0.25, 0.3) is 0 Å². The molecule has 0 radical (unpaired) electrons. The van der Waals surface area contributed by atoms with Crippen molar-refractivity contribution in [2.45, 2.75) is 32.7 Å². The third-order valence-corrected chi connectivity index (χ3v) is 2.65. The average molecular weight is 228 g/mol. The van der Waals surface area contributed by atoms with Crippen molar-refractivity contribution in [3.63, 3.8) is 0 Å². The van der Waals surface area contributed by atoms with Crippen molar-refractivity contribution in [1.29, 1.82) is 0 Å². The van der Waals surface area contributed by atoms with Crippen LogP contribution in [0, 0.1) is 5.92 Å². The van der Waals surface area contributed by atoms with E-state index in [1.54, 1.807) is 18.7 Å². The van der Waals surface area contributed by atoms with Gasteiger partial charge in [-0.2, -0.15) is 0 Å². The Morgan fingerprint density at radius 3 is 2.56 bits per heavy atom. The van der Waals surface area contributed by atoms with Crippen molar-refractivity contribution in [2.75, 3.05) is 19.7 Å². The summed E-state index contributed by atoms with van der Waals surface area (Å²) in [5.41, 5.74) is 5.46. The van der Waals surface area contributed by atoms with E-state index in [9.17, 15) is 9.59 Å². The zero-order chi connectivity index (χ0) is 12.1. The monoisotopic (exact) mass is 228 g/mol. The van der Waals surface area contributed by atoms with E-state index in [4.69, 9.17) is 10.5 Å². The zero-order valence-electron chi connectivity index (χ0n) is 9.94. The zero-order valence-corrected chi connectivity index (χ0v) is 9.94. The molecule has 2 N–H and O–H groups in total. The Labute approximate surface area is 95.9 Å². The Morgan fingerprint density at radius 2 is 2.12 bits per heavy atom. The molecule has 92 valence electrons. The minimum absolute atomic E-state index is 0.0435. The van der Waals surface area contributed by atoms with Crippen molar-refractivity contribution < 1.29 is 14.3 Å². The first kappa shape index (κ1) is 13.0. The van der Waals surface area contributed by atoms with Crippen molar-refractivity contribution in [2.24, 2.45) is 11.7 Å². The smallest absolute Gasteiger partial charge is 0.325 e. The molecule has 0 heterocycles. The molecule has 0 aromatic carbocycles. The molecule has 0 saturated heterocycles. The molecule has 5 heteroatoms. The molecule has 0 spiro atoms. The molecule has 5 nitrogen and oxygen atoms in total. The summed E-state index contributed by atoms with van der Waals surface area (Å²) in [5.74, 6) is -0.611. The van der Waals surface area contributed by atoms with Gasteiger partial charge in [0.2, 0.25) is 5.91 Å². The highest BCUT2D eigenvalue weighted by molar-refractivity contribution is 5.84. The maximum Gasteiger partial charge on any atom is 0.325 e. The van der Waals surface area contributed by atoms with Crippen molar-refractivity contribution >= 4 is 11.9 Å². The Bertz CT molecular complexity index is 264. The maximum absolute atomic E-state index is 11.9. The molecule has 0 aromatic heterocycles. The molecule has 1 aliphatic rings. The molecule has 1 aliphatic carbocycles. The molecule has 0 aliphatic heterocycles. The lowest BCUT2D eigenvalue weighted by atomic mass is 10.1. The van der Waals surface area contributed by atoms with Gasteiger partial charge in [0.15, 0.2) is 0 Å². The molecule has 0 bridgehead atoms. The molecule has 1 amide bonds. The molecule has 1 saturated carbocycles. The summed E-state index contributed by atoms with van der Waals surface area (Å²) in [6, 6.07) is 0.214. The number of rotatable bonds is 6. The van der Waals surface area contributed by atoms with Gasteiger partial charge in [-0.15, -0.1) is 0 Å². The van der Waals surface area contributed by atoms with Crippen LogP contribution in [0.5, 0.6) is 0 Å². The van der Waals surface area contributed by atoms with Crippen LogP contribution in [0.2, 0.25) is 0 Å². The Balaban J connectivity index is 2.53. The third kappa shape index (κ3) is 3.48. The first-order chi connectivity index (χ1) is 7.60. The molecule has 1 fully saturated rings. The van der Waals surface area contributed by atoms with Gasteiger partial charge in [-0.25, -0.2) is 0 Å². The van der Waals surface area contributed by atoms with E-state index in [1.165, 1.54) is 0 Å². The van der Waals surface area contributed by atoms with Crippen molar-refractivity contribution in [3.8, 4) is 0 Å². The summed E-state index contributed by atoms with van der Waals surface area (Å²) in [7, 11) is 0. The fourth-order valence-electron chi connectivity index (χ4n) is 1.50. The van der Waals surface area contributed by atoms with Gasteiger partial charge in [0.1, 0.15) is 6.54 Å². The molecule has 1 rings (SSSR count). The number of hydrogen-bond donors (Lipinski definition) is 1. The van der Waals surface area contributed by atoms with Gasteiger partial charge in [-0.1, -0.05) is 6.92 Å². The number of hydrogen-bond acceptors (Lipinski definition) is 4. The lowest BCUT2D eigenvalue weighted by Gasteiger charge is -2.24. The van der Waals surface area contributed by atoms with E-state index < -0.39 is 0 Å². The first-order valence-corrected chi connectivity index (χ1v) is 5.76. The summed E-state index contributed by atoms with van der Waals surface area (Å²) in [5, 5.41) is 0. The summed E-state index contributed by atoms with van der Waals surface area (Å²) in [6.07, 6.45) is 1.95. The third-order valence-electron chi connectivity index (χ3n) is 2.65. The fraction of sp³-hybridized carbons (Fsp3) is 0.818. The fourth-order valence-corrected chi connectivity index (χ4v) is 1.50. The average Bonchev–Trinajstić information content (AvgIpc) is 3.08. The predicted molar refractivity (Wildman–Crippen MR) is 59.6 cm³/mol. The molecule has 16 heavy (non-hydrogen) atoms. The lowest BCUT2D eigenvalue weighted by Crippen LogP contribution is -2.42. The topological polar surface area (TPSA) is 72.6 Å². The second-order valence-corrected chi connectivity index (χ2v) is 4.14. The van der Waals surface area contributed by atoms with Crippen LogP contribution in [-0.2, 0) is 14.3 Å². The van der Waals surface area contributed by atoms with Crippen LogP contribution >= 0.6 is 0 Å². The summed E-state index contributed by atoms with van der Waals surface area (Å²) in [4.78, 5) is 24.9. The normalized spacial score (nSPS) is 16.7. The number of nitrogens with two attached hydrogens (primary N) is 1. The van der Waals surface area contributed by atoms with Gasteiger partial charge >= 0.3 is 5.97 Å². The molecular formula is C11H20N2O3. The van der Waals surface area contributed by atoms with Crippen LogP contribution in [0.3, 0.4) is 0 Å². The predicted octanol–water partition coefficient (Wildman–Crippen LogP) is 0.135. The van der Waals surface area contributed by atoms with Crippen molar-refractivity contribution in [1.82, 2.24) is 4.90 Å². The summed E-state index contributed by atoms with van der Waals surface area (Å²) < 4.78 is 4.85. The number of amides is 1. The Morgan fingerprint density at radius 1 is 1.50 bits per heavy atom. The maximum atomic E-state index is 11.9. The van der Waals surface area contributed by atoms with E-state index >= 15 is 0 Å². The molecule has 1 unspecified atom stereocenters. The van der Waals surface area contributed by atoms with E-state index in [0.29, 0.717) is 13.2 Å². The second-order valence-electron chi connectivity index (χ2n) is 4.14. The van der Waals surface area contributed by atoms with E-state index in [-0.39, 0.29) is 30.4 Å². The van der Waals surface area contributed by atoms with E-state index in [2.05, 4.69) is 0 Å². The van der Waals surface area contributed by atoms with Gasteiger partial charge in [0.05, 0.1) is 6.61 Å². The van der Waals surface area contributed by atoms with Crippen molar-refractivity contribution in [3.05, 3.63) is 0 Å². The molecular weight excluding hydrogens is 208 g/mol. The highest BCUT2D eigenvalue weighted by Gasteiger charge is 2.35. The number of esters is 1. The largest absolute Gasteiger partial charge is 0.465 e. The van der Waals surface area contributed by atoms with Crippen LogP contribution in [-0.4, -0.2) is 42.5 Å². The van der Waals surface area contributed by atoms with Gasteiger partial charge in [-0.05, 0) is 19.8 Å². The first-order valence-electron chi connectivity index (χ1n) is 5.76. The highest BCUT2D eigenvalue weighted by Crippen LogP contribution is 2.27. The minimum atomic E-state index is -0.341. The standard InChI is InChI=1S/C11H20N2O3/c1-3-16-10(14)7-13(9-4-5-9)11(15)8(2)6-12/h8-9H,3-7,12H2,1-2H3. The van der Waals surface area contributed by atoms with Crippen LogP contribution in [0.4, 0.5) is 0 Å². The highest BCUT2D eigenvalue weighted by atomic mass is 16.5.